The first-order chi connectivity index (χ1) is 12.6. The van der Waals surface area contributed by atoms with Crippen LogP contribution in [0.5, 0.6) is 5.75 Å². The molecule has 3 aromatic rings. The summed E-state index contributed by atoms with van der Waals surface area (Å²) >= 11 is 4.47. The third-order valence-corrected chi connectivity index (χ3v) is 5.15. The summed E-state index contributed by atoms with van der Waals surface area (Å²) in [7, 11) is 1.55. The van der Waals surface area contributed by atoms with Crippen LogP contribution in [0.3, 0.4) is 0 Å². The molecule has 0 aliphatic heterocycles. The maximum Gasteiger partial charge on any atom is 0.287 e. The molecular formula is C19H15BrN2O3S. The van der Waals surface area contributed by atoms with E-state index in [4.69, 9.17) is 4.74 Å². The largest absolute Gasteiger partial charge is 0.495 e. The van der Waals surface area contributed by atoms with Crippen LogP contribution in [0, 0.1) is 0 Å². The number of carbonyl (C=O) groups excluding carboxylic acids is 1. The highest BCUT2D eigenvalue weighted by Gasteiger charge is 2.13. The average Bonchev–Trinajstić information content (AvgIpc) is 2.67. The minimum absolute atomic E-state index is 0.0589. The highest BCUT2D eigenvalue weighted by molar-refractivity contribution is 9.10. The number of methoxy groups -OCH3 is 1. The van der Waals surface area contributed by atoms with Crippen molar-refractivity contribution in [2.45, 2.75) is 5.03 Å². The summed E-state index contributed by atoms with van der Waals surface area (Å²) in [6.07, 6.45) is 3.13. The molecule has 0 aliphatic carbocycles. The number of halogens is 1. The van der Waals surface area contributed by atoms with Gasteiger partial charge in [0.15, 0.2) is 10.8 Å². The van der Waals surface area contributed by atoms with Gasteiger partial charge in [-0.25, -0.2) is 4.98 Å². The van der Waals surface area contributed by atoms with E-state index in [9.17, 15) is 9.59 Å². The number of hydrogen-bond acceptors (Lipinski definition) is 5. The predicted molar refractivity (Wildman–Crippen MR) is 106 cm³/mol. The van der Waals surface area contributed by atoms with E-state index >= 15 is 0 Å². The van der Waals surface area contributed by atoms with Crippen LogP contribution >= 0.6 is 27.7 Å². The SMILES string of the molecule is COc1ccccc1-n1ccnc(SCC(=O)c2ccc(Br)cc2)c1=O. The first kappa shape index (κ1) is 18.4. The molecule has 5 nitrogen and oxygen atoms in total. The zero-order chi connectivity index (χ0) is 18.5. The zero-order valence-electron chi connectivity index (χ0n) is 13.9. The van der Waals surface area contributed by atoms with Gasteiger partial charge in [-0.3, -0.25) is 14.2 Å². The van der Waals surface area contributed by atoms with Gasteiger partial charge in [0.25, 0.3) is 5.56 Å². The minimum atomic E-state index is -0.286. The van der Waals surface area contributed by atoms with E-state index in [-0.39, 0.29) is 22.1 Å². The lowest BCUT2D eigenvalue weighted by molar-refractivity contribution is 0.102. The molecule has 0 atom stereocenters. The molecule has 2 aromatic carbocycles. The van der Waals surface area contributed by atoms with Crippen LogP contribution in [-0.2, 0) is 0 Å². The molecule has 0 fully saturated rings. The summed E-state index contributed by atoms with van der Waals surface area (Å²) in [4.78, 5) is 29.2. The summed E-state index contributed by atoms with van der Waals surface area (Å²) < 4.78 is 7.69. The second kappa shape index (κ2) is 8.33. The van der Waals surface area contributed by atoms with Gasteiger partial charge in [0.1, 0.15) is 5.75 Å². The minimum Gasteiger partial charge on any atom is -0.495 e. The topological polar surface area (TPSA) is 61.2 Å². The lowest BCUT2D eigenvalue weighted by Gasteiger charge is -2.11. The quantitative estimate of drug-likeness (QED) is 0.437. The fraction of sp³-hybridized carbons (Fsp3) is 0.105. The van der Waals surface area contributed by atoms with E-state index in [1.165, 1.54) is 4.57 Å². The molecule has 1 heterocycles. The number of hydrogen-bond donors (Lipinski definition) is 0. The Morgan fingerprint density at radius 3 is 2.65 bits per heavy atom. The molecule has 0 unspecified atom stereocenters. The lowest BCUT2D eigenvalue weighted by atomic mass is 10.2. The average molecular weight is 431 g/mol. The molecule has 0 saturated carbocycles. The van der Waals surface area contributed by atoms with Crippen molar-refractivity contribution in [1.29, 1.82) is 0 Å². The van der Waals surface area contributed by atoms with Crippen LogP contribution in [0.4, 0.5) is 0 Å². The Kier molecular flexibility index (Phi) is 5.90. The standard InChI is InChI=1S/C19H15BrN2O3S/c1-25-17-5-3-2-4-15(17)22-11-10-21-18(19(22)24)26-12-16(23)13-6-8-14(20)9-7-13/h2-11H,12H2,1H3. The number of carbonyl (C=O) groups is 1. The van der Waals surface area contributed by atoms with Gasteiger partial charge in [-0.15, -0.1) is 0 Å². The molecule has 0 spiro atoms. The number of ether oxygens (including phenoxy) is 1. The second-order valence-electron chi connectivity index (χ2n) is 5.30. The van der Waals surface area contributed by atoms with Crippen LogP contribution in [0.15, 0.2) is 75.2 Å². The molecule has 0 N–H and O–H groups in total. The maximum atomic E-state index is 12.7. The van der Waals surface area contributed by atoms with E-state index in [0.29, 0.717) is 17.0 Å². The molecule has 0 aliphatic rings. The van der Waals surface area contributed by atoms with Gasteiger partial charge in [-0.05, 0) is 24.3 Å². The van der Waals surface area contributed by atoms with E-state index in [2.05, 4.69) is 20.9 Å². The number of nitrogens with zero attached hydrogens (tertiary/aromatic N) is 2. The van der Waals surface area contributed by atoms with Gasteiger partial charge in [0, 0.05) is 22.4 Å². The van der Waals surface area contributed by atoms with Crippen molar-refractivity contribution in [2.24, 2.45) is 0 Å². The van der Waals surface area contributed by atoms with Crippen LogP contribution in [0.2, 0.25) is 0 Å². The lowest BCUT2D eigenvalue weighted by Crippen LogP contribution is -2.21. The fourth-order valence-corrected chi connectivity index (χ4v) is 3.42. The fourth-order valence-electron chi connectivity index (χ4n) is 2.36. The van der Waals surface area contributed by atoms with Crippen molar-refractivity contribution in [3.63, 3.8) is 0 Å². The Labute approximate surface area is 163 Å². The third kappa shape index (κ3) is 4.05. The Bertz CT molecular complexity index is 987. The molecule has 0 bridgehead atoms. The number of benzene rings is 2. The first-order valence-electron chi connectivity index (χ1n) is 7.73. The predicted octanol–water partition coefficient (Wildman–Crippen LogP) is 3.98. The van der Waals surface area contributed by atoms with Crippen LogP contribution < -0.4 is 10.3 Å². The van der Waals surface area contributed by atoms with Gasteiger partial charge in [0.2, 0.25) is 0 Å². The number of para-hydroxylation sites is 2. The molecule has 26 heavy (non-hydrogen) atoms. The number of rotatable bonds is 6. The van der Waals surface area contributed by atoms with Gasteiger partial charge in [0.05, 0.1) is 18.6 Å². The zero-order valence-corrected chi connectivity index (χ0v) is 16.3. The monoisotopic (exact) mass is 430 g/mol. The Morgan fingerprint density at radius 2 is 1.92 bits per heavy atom. The van der Waals surface area contributed by atoms with E-state index in [0.717, 1.165) is 16.2 Å². The van der Waals surface area contributed by atoms with Crippen LogP contribution in [-0.4, -0.2) is 28.2 Å². The smallest absolute Gasteiger partial charge is 0.287 e. The Morgan fingerprint density at radius 1 is 1.19 bits per heavy atom. The second-order valence-corrected chi connectivity index (χ2v) is 7.18. The molecule has 0 radical (unpaired) electrons. The van der Waals surface area contributed by atoms with Crippen molar-refractivity contribution in [3.05, 3.63) is 81.3 Å². The summed E-state index contributed by atoms with van der Waals surface area (Å²) in [6, 6.07) is 14.4. The van der Waals surface area contributed by atoms with Crippen LogP contribution in [0.25, 0.3) is 5.69 Å². The molecular weight excluding hydrogens is 416 g/mol. The van der Waals surface area contributed by atoms with Gasteiger partial charge < -0.3 is 4.74 Å². The summed E-state index contributed by atoms with van der Waals surface area (Å²) in [5.74, 6) is 0.666. The summed E-state index contributed by atoms with van der Waals surface area (Å²) in [6.45, 7) is 0. The molecule has 3 rings (SSSR count). The van der Waals surface area contributed by atoms with Crippen molar-refractivity contribution >= 4 is 33.5 Å². The highest BCUT2D eigenvalue weighted by atomic mass is 79.9. The number of ketones is 1. The number of aromatic nitrogens is 2. The van der Waals surface area contributed by atoms with Crippen molar-refractivity contribution in [2.75, 3.05) is 12.9 Å². The Balaban J connectivity index is 1.83. The molecule has 132 valence electrons. The molecule has 0 amide bonds. The first-order valence-corrected chi connectivity index (χ1v) is 9.50. The van der Waals surface area contributed by atoms with E-state index in [1.807, 2.05) is 24.3 Å². The Hall–Kier alpha value is -2.38. The highest BCUT2D eigenvalue weighted by Crippen LogP contribution is 2.21. The van der Waals surface area contributed by atoms with Crippen molar-refractivity contribution in [1.82, 2.24) is 9.55 Å². The number of thioether (sulfide) groups is 1. The van der Waals surface area contributed by atoms with E-state index < -0.39 is 0 Å². The molecule has 0 saturated heterocycles. The van der Waals surface area contributed by atoms with Gasteiger partial charge in [-0.2, -0.15) is 0 Å². The van der Waals surface area contributed by atoms with Crippen molar-refractivity contribution in [3.8, 4) is 11.4 Å². The molecule has 7 heteroatoms. The van der Waals surface area contributed by atoms with Crippen LogP contribution in [0.1, 0.15) is 10.4 Å². The summed E-state index contributed by atoms with van der Waals surface area (Å²) in [5, 5.41) is 0.267. The third-order valence-electron chi connectivity index (χ3n) is 3.66. The van der Waals surface area contributed by atoms with E-state index in [1.54, 1.807) is 43.8 Å². The van der Waals surface area contributed by atoms with Crippen molar-refractivity contribution < 1.29 is 9.53 Å². The van der Waals surface area contributed by atoms with Gasteiger partial charge in [-0.1, -0.05) is 52.0 Å². The summed E-state index contributed by atoms with van der Waals surface area (Å²) in [5.41, 5.74) is 0.941. The maximum absolute atomic E-state index is 12.7. The molecule has 1 aromatic heterocycles. The number of Topliss-reactive ketones (excluding diaryl/α,β-unsaturated/α-hetero) is 1. The van der Waals surface area contributed by atoms with Gasteiger partial charge >= 0.3 is 0 Å². The normalized spacial score (nSPS) is 10.5.